The van der Waals surface area contributed by atoms with Gasteiger partial charge in [0.25, 0.3) is 0 Å². The van der Waals surface area contributed by atoms with Gasteiger partial charge in [0, 0.05) is 30.6 Å². The van der Waals surface area contributed by atoms with E-state index in [1.165, 1.54) is 43.7 Å². The van der Waals surface area contributed by atoms with E-state index in [1.54, 1.807) is 12.1 Å². The van der Waals surface area contributed by atoms with E-state index >= 15 is 0 Å². The Kier molecular flexibility index (Phi) is 4.90. The Labute approximate surface area is 155 Å². The average molecular weight is 379 g/mol. The molecule has 2 fully saturated rings. The van der Waals surface area contributed by atoms with Crippen molar-refractivity contribution in [2.24, 2.45) is 5.92 Å². The van der Waals surface area contributed by atoms with E-state index in [1.807, 2.05) is 0 Å². The van der Waals surface area contributed by atoms with Crippen molar-refractivity contribution in [3.63, 3.8) is 0 Å². The van der Waals surface area contributed by atoms with E-state index in [2.05, 4.69) is 19.8 Å². The lowest BCUT2D eigenvalue weighted by atomic mass is 9.87. The lowest BCUT2D eigenvalue weighted by Crippen LogP contribution is -2.49. The van der Waals surface area contributed by atoms with Gasteiger partial charge in [-0.15, -0.1) is 23.4 Å². The first-order valence-electron chi connectivity index (χ1n) is 9.05. The molecule has 2 aromatic rings. The van der Waals surface area contributed by atoms with E-state index in [4.69, 9.17) is 4.74 Å². The minimum Gasteiger partial charge on any atom is -0.473 e. The highest BCUT2D eigenvalue weighted by Gasteiger charge is 2.33. The molecule has 0 saturated carbocycles. The van der Waals surface area contributed by atoms with E-state index < -0.39 is 6.36 Å². The Hall–Kier alpha value is -2.35. The lowest BCUT2D eigenvalue weighted by Gasteiger charge is -2.42. The molecule has 5 nitrogen and oxygen atoms in total. The van der Waals surface area contributed by atoms with Crippen LogP contribution in [-0.4, -0.2) is 47.2 Å². The molecule has 0 aliphatic carbocycles. The van der Waals surface area contributed by atoms with Crippen LogP contribution in [0.5, 0.6) is 11.6 Å². The van der Waals surface area contributed by atoms with Gasteiger partial charge in [-0.05, 0) is 56.1 Å². The number of hydrogen-bond acceptors (Lipinski definition) is 5. The molecule has 3 unspecified atom stereocenters. The molecule has 144 valence electrons. The Morgan fingerprint density at radius 1 is 0.963 bits per heavy atom. The molecule has 2 saturated heterocycles. The molecule has 3 atom stereocenters. The van der Waals surface area contributed by atoms with Crippen molar-refractivity contribution in [2.45, 2.75) is 31.7 Å². The number of aromatic nitrogens is 2. The molecule has 27 heavy (non-hydrogen) atoms. The topological polar surface area (TPSA) is 47.5 Å². The maximum absolute atomic E-state index is 12.2. The summed E-state index contributed by atoms with van der Waals surface area (Å²) in [7, 11) is 0. The maximum Gasteiger partial charge on any atom is 0.573 e. The summed E-state index contributed by atoms with van der Waals surface area (Å²) in [5, 5.41) is 8.29. The van der Waals surface area contributed by atoms with Crippen molar-refractivity contribution < 1.29 is 22.6 Å². The summed E-state index contributed by atoms with van der Waals surface area (Å²) in [5.74, 6) is 0.757. The molecule has 8 heteroatoms. The van der Waals surface area contributed by atoms with Crippen LogP contribution in [0.1, 0.15) is 19.3 Å². The Morgan fingerprint density at radius 2 is 1.78 bits per heavy atom. The molecular formula is C19H20F3N3O2. The lowest BCUT2D eigenvalue weighted by molar-refractivity contribution is -0.274. The van der Waals surface area contributed by atoms with E-state index in [-0.39, 0.29) is 11.9 Å². The number of alkyl halides is 3. The van der Waals surface area contributed by atoms with Gasteiger partial charge in [-0.2, -0.15) is 0 Å². The van der Waals surface area contributed by atoms with Crippen LogP contribution in [0.3, 0.4) is 0 Å². The van der Waals surface area contributed by atoms with Crippen LogP contribution in [0.25, 0.3) is 11.3 Å². The van der Waals surface area contributed by atoms with Gasteiger partial charge in [-0.25, -0.2) is 0 Å². The first-order chi connectivity index (χ1) is 13.0. The fraction of sp³-hybridized carbons (Fsp3) is 0.474. The standard InChI is InChI=1S/C19H20F3N3O2/c20-19(21,22)27-15-5-3-13(4-6-15)16-7-8-18(24-23-16)26-17-9-11-25-10-1-2-14(17)12-25/h3-8,14,17H,1-2,9-12H2. The predicted octanol–water partition coefficient (Wildman–Crippen LogP) is 3.91. The van der Waals surface area contributed by atoms with Gasteiger partial charge in [-0.3, -0.25) is 0 Å². The number of hydrogen-bond donors (Lipinski definition) is 0. The Balaban J connectivity index is 1.40. The van der Waals surface area contributed by atoms with Gasteiger partial charge in [-0.1, -0.05) is 0 Å². The summed E-state index contributed by atoms with van der Waals surface area (Å²) in [5.41, 5.74) is 1.22. The largest absolute Gasteiger partial charge is 0.573 e. The molecule has 0 amide bonds. The van der Waals surface area contributed by atoms with Gasteiger partial charge in [0.05, 0.1) is 5.69 Å². The second-order valence-corrected chi connectivity index (χ2v) is 6.98. The number of fused-ring (bicyclic) bond motifs is 2. The molecular weight excluding hydrogens is 359 g/mol. The summed E-state index contributed by atoms with van der Waals surface area (Å²) in [6.07, 6.45) is -1.15. The van der Waals surface area contributed by atoms with Gasteiger partial charge in [0.15, 0.2) is 0 Å². The van der Waals surface area contributed by atoms with Crippen molar-refractivity contribution >= 4 is 0 Å². The number of piperidine rings is 2. The third-order valence-corrected chi connectivity index (χ3v) is 5.09. The quantitative estimate of drug-likeness (QED) is 0.806. The van der Waals surface area contributed by atoms with Crippen LogP contribution < -0.4 is 9.47 Å². The normalized spacial score (nSPS) is 25.1. The van der Waals surface area contributed by atoms with Crippen LogP contribution in [0.2, 0.25) is 0 Å². The Morgan fingerprint density at radius 3 is 2.48 bits per heavy atom. The highest BCUT2D eigenvalue weighted by molar-refractivity contribution is 5.59. The van der Waals surface area contributed by atoms with Crippen molar-refractivity contribution in [1.29, 1.82) is 0 Å². The summed E-state index contributed by atoms with van der Waals surface area (Å²) in [6, 6.07) is 9.07. The van der Waals surface area contributed by atoms with Gasteiger partial charge >= 0.3 is 6.36 Å². The van der Waals surface area contributed by atoms with Gasteiger partial charge in [0.1, 0.15) is 11.9 Å². The summed E-state index contributed by atoms with van der Waals surface area (Å²) >= 11 is 0. The third-order valence-electron chi connectivity index (χ3n) is 5.09. The number of benzene rings is 1. The van der Waals surface area contributed by atoms with Crippen molar-refractivity contribution in [3.05, 3.63) is 36.4 Å². The first kappa shape index (κ1) is 18.0. The molecule has 2 aliphatic rings. The molecule has 0 spiro atoms. The molecule has 3 heterocycles. The predicted molar refractivity (Wildman–Crippen MR) is 92.3 cm³/mol. The first-order valence-corrected chi connectivity index (χ1v) is 9.05. The maximum atomic E-state index is 12.2. The van der Waals surface area contributed by atoms with Crippen molar-refractivity contribution in [3.8, 4) is 22.9 Å². The zero-order valence-electron chi connectivity index (χ0n) is 14.7. The van der Waals surface area contributed by atoms with Crippen LogP contribution in [-0.2, 0) is 0 Å². The summed E-state index contributed by atoms with van der Waals surface area (Å²) in [4.78, 5) is 2.48. The van der Waals surface area contributed by atoms with Gasteiger partial charge < -0.3 is 14.4 Å². The minimum atomic E-state index is -4.70. The highest BCUT2D eigenvalue weighted by atomic mass is 19.4. The number of ether oxygens (including phenoxy) is 2. The second kappa shape index (κ2) is 7.34. The van der Waals surface area contributed by atoms with Crippen molar-refractivity contribution in [2.75, 3.05) is 19.6 Å². The van der Waals surface area contributed by atoms with Crippen LogP contribution >= 0.6 is 0 Å². The summed E-state index contributed by atoms with van der Waals surface area (Å²) in [6.45, 7) is 3.33. The number of nitrogens with zero attached hydrogens (tertiary/aromatic N) is 3. The Bertz CT molecular complexity index is 765. The molecule has 1 aromatic heterocycles. The van der Waals surface area contributed by atoms with Crippen LogP contribution in [0.15, 0.2) is 36.4 Å². The summed E-state index contributed by atoms with van der Waals surface area (Å²) < 4.78 is 46.6. The molecule has 1 aromatic carbocycles. The number of rotatable bonds is 4. The second-order valence-electron chi connectivity index (χ2n) is 6.98. The minimum absolute atomic E-state index is 0.167. The van der Waals surface area contributed by atoms with Crippen LogP contribution in [0.4, 0.5) is 13.2 Å². The SMILES string of the molecule is FC(F)(F)Oc1ccc(-c2ccc(OC3CCN4CCCC3C4)nn2)cc1. The molecule has 0 radical (unpaired) electrons. The fourth-order valence-electron chi connectivity index (χ4n) is 3.82. The molecule has 2 aliphatic heterocycles. The van der Waals surface area contributed by atoms with E-state index in [9.17, 15) is 13.2 Å². The molecule has 2 bridgehead atoms. The third kappa shape index (κ3) is 4.50. The zero-order valence-corrected chi connectivity index (χ0v) is 14.7. The molecule has 0 N–H and O–H groups in total. The number of halogens is 3. The highest BCUT2D eigenvalue weighted by Crippen LogP contribution is 2.30. The van der Waals surface area contributed by atoms with E-state index in [0.29, 0.717) is 23.1 Å². The monoisotopic (exact) mass is 379 g/mol. The average Bonchev–Trinajstić information content (AvgIpc) is 2.65. The van der Waals surface area contributed by atoms with Crippen molar-refractivity contribution in [1.82, 2.24) is 15.1 Å². The van der Waals surface area contributed by atoms with Crippen LogP contribution in [0, 0.1) is 5.92 Å². The zero-order chi connectivity index (χ0) is 18.9. The molecule has 4 rings (SSSR count). The van der Waals surface area contributed by atoms with Gasteiger partial charge in [0.2, 0.25) is 5.88 Å². The fourth-order valence-corrected chi connectivity index (χ4v) is 3.82. The van der Waals surface area contributed by atoms with E-state index in [0.717, 1.165) is 19.5 Å². The smallest absolute Gasteiger partial charge is 0.473 e.